The number of allylic oxidation sites excluding steroid dienone is 9. The van der Waals surface area contributed by atoms with Crippen molar-refractivity contribution in [3.63, 3.8) is 0 Å². The first kappa shape index (κ1) is 66.1. The first-order valence-electron chi connectivity index (χ1n) is 29.8. The van der Waals surface area contributed by atoms with Crippen molar-refractivity contribution in [2.24, 2.45) is 0 Å². The normalized spacial score (nSPS) is 12.4. The Balaban J connectivity index is 4.33. The Morgan fingerprint density at radius 1 is 0.304 bits per heavy atom. The summed E-state index contributed by atoms with van der Waals surface area (Å²) in [6, 6.07) is 0. The molecule has 0 heterocycles. The standard InChI is InChI=1S/C63H112O6/c1-4-7-10-13-16-19-22-25-27-28-29-30-31-32-33-34-36-38-41-44-47-50-53-56-62(65)68-59-60(58-67-61(64)55-52-49-46-43-40-37-24-21-18-15-12-9-6-3)69-63(66)57-54-51-48-45-42-39-35-26-23-20-17-14-11-8-5-2/h8,11,17,20,26,35,42,45,51,54,60H,4-7,9-10,12-16,18-19,21-25,27-34,36-41,43-44,46-50,52-53,55-59H2,1-3H3/b11-8-,20-17-,35-26-,45-42-,54-51-. The molecule has 400 valence electrons. The van der Waals surface area contributed by atoms with Crippen molar-refractivity contribution in [2.45, 2.75) is 309 Å². The molecule has 0 aliphatic heterocycles. The van der Waals surface area contributed by atoms with Gasteiger partial charge in [0.1, 0.15) is 13.2 Å². The predicted octanol–water partition coefficient (Wildman–Crippen LogP) is 20.0. The lowest BCUT2D eigenvalue weighted by Crippen LogP contribution is -2.30. The van der Waals surface area contributed by atoms with E-state index in [2.05, 4.69) is 69.4 Å². The summed E-state index contributed by atoms with van der Waals surface area (Å²) in [7, 11) is 0. The van der Waals surface area contributed by atoms with Crippen LogP contribution in [-0.4, -0.2) is 37.2 Å². The van der Waals surface area contributed by atoms with E-state index in [1.165, 1.54) is 193 Å². The number of hydrogen-bond acceptors (Lipinski definition) is 6. The SMILES string of the molecule is CC/C=C\C/C=C\C/C=C\C/C=C\C/C=C\CC(=O)OC(COC(=O)CCCCCCCCCCCCCCC)COC(=O)CCCCCCCCCCCCCCCCCCCCCCCCC. The molecule has 0 spiro atoms. The number of carbonyl (C=O) groups is 3. The highest BCUT2D eigenvalue weighted by atomic mass is 16.6. The van der Waals surface area contributed by atoms with Crippen LogP contribution in [0.3, 0.4) is 0 Å². The fourth-order valence-electron chi connectivity index (χ4n) is 8.64. The molecule has 0 aromatic heterocycles. The molecule has 0 rings (SSSR count). The minimum absolute atomic E-state index is 0.102. The number of hydrogen-bond donors (Lipinski definition) is 0. The fourth-order valence-corrected chi connectivity index (χ4v) is 8.64. The van der Waals surface area contributed by atoms with Crippen LogP contribution in [0.4, 0.5) is 0 Å². The first-order valence-corrected chi connectivity index (χ1v) is 29.8. The fraction of sp³-hybridized carbons (Fsp3) is 0.794. The van der Waals surface area contributed by atoms with Gasteiger partial charge in [0.25, 0.3) is 0 Å². The van der Waals surface area contributed by atoms with Gasteiger partial charge in [-0.25, -0.2) is 0 Å². The van der Waals surface area contributed by atoms with Crippen molar-refractivity contribution in [1.82, 2.24) is 0 Å². The molecule has 6 heteroatoms. The summed E-state index contributed by atoms with van der Waals surface area (Å²) in [5.41, 5.74) is 0. The summed E-state index contributed by atoms with van der Waals surface area (Å²) in [4.78, 5) is 38.1. The first-order chi connectivity index (χ1) is 34.0. The molecule has 69 heavy (non-hydrogen) atoms. The maximum atomic E-state index is 12.8. The van der Waals surface area contributed by atoms with Crippen LogP contribution in [-0.2, 0) is 28.6 Å². The smallest absolute Gasteiger partial charge is 0.310 e. The van der Waals surface area contributed by atoms with Gasteiger partial charge in [-0.2, -0.15) is 0 Å². The maximum absolute atomic E-state index is 12.8. The Labute approximate surface area is 428 Å². The van der Waals surface area contributed by atoms with Crippen LogP contribution in [0.15, 0.2) is 60.8 Å². The predicted molar refractivity (Wildman–Crippen MR) is 298 cm³/mol. The molecule has 0 aromatic rings. The molecule has 0 amide bonds. The minimum atomic E-state index is -0.825. The molecule has 0 aliphatic rings. The largest absolute Gasteiger partial charge is 0.462 e. The Morgan fingerprint density at radius 2 is 0.551 bits per heavy atom. The minimum Gasteiger partial charge on any atom is -0.462 e. The highest BCUT2D eigenvalue weighted by molar-refractivity contribution is 5.72. The van der Waals surface area contributed by atoms with Crippen molar-refractivity contribution < 1.29 is 28.6 Å². The highest BCUT2D eigenvalue weighted by Crippen LogP contribution is 2.17. The van der Waals surface area contributed by atoms with Crippen molar-refractivity contribution in [3.05, 3.63) is 60.8 Å². The molecule has 1 unspecified atom stereocenters. The summed E-state index contributed by atoms with van der Waals surface area (Å²) in [5.74, 6) is -1.02. The van der Waals surface area contributed by atoms with Gasteiger partial charge < -0.3 is 14.2 Å². The maximum Gasteiger partial charge on any atom is 0.310 e. The molecule has 1 atom stereocenters. The molecular formula is C63H112O6. The summed E-state index contributed by atoms with van der Waals surface area (Å²) in [5, 5.41) is 0. The zero-order valence-corrected chi connectivity index (χ0v) is 45.8. The average Bonchev–Trinajstić information content (AvgIpc) is 3.35. The molecule has 0 bridgehead atoms. The monoisotopic (exact) mass is 965 g/mol. The number of unbranched alkanes of at least 4 members (excludes halogenated alkanes) is 34. The van der Waals surface area contributed by atoms with Crippen LogP contribution in [0.25, 0.3) is 0 Å². The lowest BCUT2D eigenvalue weighted by molar-refractivity contribution is -0.166. The third kappa shape index (κ3) is 55.9. The molecule has 0 N–H and O–H groups in total. The molecule has 0 saturated carbocycles. The molecule has 0 aromatic carbocycles. The Kier molecular flexibility index (Phi) is 55.3. The Morgan fingerprint density at radius 3 is 0.826 bits per heavy atom. The molecule has 0 fully saturated rings. The Bertz CT molecular complexity index is 1250. The summed E-state index contributed by atoms with van der Waals surface area (Å²) in [6.45, 7) is 6.48. The Hall–Kier alpha value is -2.89. The van der Waals surface area contributed by atoms with Crippen LogP contribution in [0.1, 0.15) is 303 Å². The van der Waals surface area contributed by atoms with Gasteiger partial charge in [-0.1, -0.05) is 300 Å². The van der Waals surface area contributed by atoms with Crippen molar-refractivity contribution in [1.29, 1.82) is 0 Å². The second-order valence-electron chi connectivity index (χ2n) is 19.9. The zero-order chi connectivity index (χ0) is 50.0. The van der Waals surface area contributed by atoms with Gasteiger partial charge in [0.15, 0.2) is 6.10 Å². The van der Waals surface area contributed by atoms with Gasteiger partial charge >= 0.3 is 17.9 Å². The van der Waals surface area contributed by atoms with Gasteiger partial charge in [-0.05, 0) is 44.9 Å². The number of rotatable bonds is 54. The van der Waals surface area contributed by atoms with Crippen molar-refractivity contribution in [2.75, 3.05) is 13.2 Å². The number of ether oxygens (including phenoxy) is 3. The zero-order valence-electron chi connectivity index (χ0n) is 45.8. The van der Waals surface area contributed by atoms with E-state index in [-0.39, 0.29) is 31.6 Å². The third-order valence-corrected chi connectivity index (χ3v) is 13.1. The topological polar surface area (TPSA) is 78.9 Å². The third-order valence-electron chi connectivity index (χ3n) is 13.1. The van der Waals surface area contributed by atoms with E-state index in [4.69, 9.17) is 14.2 Å². The van der Waals surface area contributed by atoms with Gasteiger partial charge in [0.2, 0.25) is 0 Å². The lowest BCUT2D eigenvalue weighted by Gasteiger charge is -2.18. The van der Waals surface area contributed by atoms with E-state index in [1.807, 2.05) is 6.08 Å². The summed E-state index contributed by atoms with van der Waals surface area (Å²) >= 11 is 0. The van der Waals surface area contributed by atoms with E-state index in [0.717, 1.165) is 70.6 Å². The summed E-state index contributed by atoms with van der Waals surface area (Å²) in [6.07, 6.45) is 72.5. The molecule has 6 nitrogen and oxygen atoms in total. The van der Waals surface area contributed by atoms with Crippen LogP contribution >= 0.6 is 0 Å². The number of carbonyl (C=O) groups excluding carboxylic acids is 3. The van der Waals surface area contributed by atoms with Crippen LogP contribution in [0, 0.1) is 0 Å². The van der Waals surface area contributed by atoms with E-state index in [9.17, 15) is 14.4 Å². The second-order valence-corrected chi connectivity index (χ2v) is 19.9. The van der Waals surface area contributed by atoms with E-state index in [1.54, 1.807) is 6.08 Å². The van der Waals surface area contributed by atoms with Gasteiger partial charge in [-0.15, -0.1) is 0 Å². The molecule has 0 radical (unpaired) electrons. The van der Waals surface area contributed by atoms with Crippen LogP contribution in [0.2, 0.25) is 0 Å². The second kappa shape index (κ2) is 57.7. The van der Waals surface area contributed by atoms with Crippen LogP contribution in [0.5, 0.6) is 0 Å². The molecule has 0 aliphatic carbocycles. The van der Waals surface area contributed by atoms with Crippen LogP contribution < -0.4 is 0 Å². The molecule has 0 saturated heterocycles. The molecular weight excluding hydrogens is 853 g/mol. The van der Waals surface area contributed by atoms with Gasteiger partial charge in [0.05, 0.1) is 6.42 Å². The van der Waals surface area contributed by atoms with E-state index in [0.29, 0.717) is 12.8 Å². The highest BCUT2D eigenvalue weighted by Gasteiger charge is 2.19. The van der Waals surface area contributed by atoms with Crippen molar-refractivity contribution >= 4 is 17.9 Å². The van der Waals surface area contributed by atoms with E-state index >= 15 is 0 Å². The number of esters is 3. The average molecular weight is 966 g/mol. The van der Waals surface area contributed by atoms with Crippen molar-refractivity contribution in [3.8, 4) is 0 Å². The van der Waals surface area contributed by atoms with Gasteiger partial charge in [-0.3, -0.25) is 14.4 Å². The lowest BCUT2D eigenvalue weighted by atomic mass is 10.0. The van der Waals surface area contributed by atoms with Gasteiger partial charge in [0, 0.05) is 12.8 Å². The quantitative estimate of drug-likeness (QED) is 0.0262. The summed E-state index contributed by atoms with van der Waals surface area (Å²) < 4.78 is 16.8. The van der Waals surface area contributed by atoms with E-state index < -0.39 is 12.1 Å².